The van der Waals surface area contributed by atoms with Crippen LogP contribution in [0.1, 0.15) is 17.7 Å². The molecule has 0 fully saturated rings. The number of alkyl halides is 2. The topological polar surface area (TPSA) is 93.3 Å². The Hall–Kier alpha value is -2.12. The number of nitrogens with zero attached hydrogens (tertiary/aromatic N) is 2. The van der Waals surface area contributed by atoms with Gasteiger partial charge < -0.3 is 5.11 Å². The molecule has 0 amide bonds. The number of aliphatic carboxylic acids is 1. The lowest BCUT2D eigenvalue weighted by Crippen LogP contribution is -2.07. The van der Waals surface area contributed by atoms with Crippen LogP contribution >= 0.6 is 0 Å². The van der Waals surface area contributed by atoms with Crippen LogP contribution in [0.15, 0.2) is 12.3 Å². The van der Waals surface area contributed by atoms with Crippen molar-refractivity contribution in [3.63, 3.8) is 0 Å². The number of hydrogen-bond acceptors (Lipinski definition) is 4. The van der Waals surface area contributed by atoms with E-state index in [4.69, 9.17) is 5.11 Å². The molecule has 0 spiro atoms. The third kappa shape index (κ3) is 2.47. The summed E-state index contributed by atoms with van der Waals surface area (Å²) in [5.41, 5.74) is -2.23. The van der Waals surface area contributed by atoms with Gasteiger partial charge in [0.05, 0.1) is 11.3 Å². The molecular weight excluding hydrogens is 226 g/mol. The predicted octanol–water partition coefficient (Wildman–Crippen LogP) is 1.55. The van der Waals surface area contributed by atoms with Gasteiger partial charge in [0.2, 0.25) is 0 Å². The summed E-state index contributed by atoms with van der Waals surface area (Å²) in [7, 11) is 0. The van der Waals surface area contributed by atoms with Gasteiger partial charge in [-0.3, -0.25) is 14.9 Å². The number of carbonyl (C=O) groups is 1. The Morgan fingerprint density at radius 3 is 2.69 bits per heavy atom. The van der Waals surface area contributed by atoms with Gasteiger partial charge in [-0.1, -0.05) is 0 Å². The molecule has 0 atom stereocenters. The fraction of sp³-hybridized carbons (Fsp3) is 0.250. The summed E-state index contributed by atoms with van der Waals surface area (Å²) in [6.45, 7) is 0. The predicted molar refractivity (Wildman–Crippen MR) is 47.2 cm³/mol. The third-order valence-corrected chi connectivity index (χ3v) is 1.77. The second-order valence-electron chi connectivity index (χ2n) is 2.83. The second-order valence-corrected chi connectivity index (χ2v) is 2.83. The average molecular weight is 232 g/mol. The molecule has 1 aromatic heterocycles. The van der Waals surface area contributed by atoms with E-state index in [-0.39, 0.29) is 5.56 Å². The van der Waals surface area contributed by atoms with E-state index < -0.39 is 35.1 Å². The molecule has 0 bridgehead atoms. The van der Waals surface area contributed by atoms with E-state index in [1.54, 1.807) is 0 Å². The van der Waals surface area contributed by atoms with Crippen molar-refractivity contribution in [2.75, 3.05) is 0 Å². The Bertz CT molecular complexity index is 436. The van der Waals surface area contributed by atoms with E-state index in [0.717, 1.165) is 12.3 Å². The fourth-order valence-corrected chi connectivity index (χ4v) is 1.19. The highest BCUT2D eigenvalue weighted by molar-refractivity contribution is 5.72. The van der Waals surface area contributed by atoms with Gasteiger partial charge in [-0.05, 0) is 6.07 Å². The molecular formula is C8H6F2N2O4. The van der Waals surface area contributed by atoms with Crippen molar-refractivity contribution in [1.82, 2.24) is 4.98 Å². The van der Waals surface area contributed by atoms with Gasteiger partial charge in [0, 0.05) is 11.8 Å². The molecule has 1 aromatic rings. The van der Waals surface area contributed by atoms with E-state index in [1.807, 2.05) is 0 Å². The first kappa shape index (κ1) is 12.0. The summed E-state index contributed by atoms with van der Waals surface area (Å²) < 4.78 is 24.8. The van der Waals surface area contributed by atoms with Crippen LogP contribution in [0.25, 0.3) is 0 Å². The number of halogens is 2. The van der Waals surface area contributed by atoms with Gasteiger partial charge in [-0.2, -0.15) is 0 Å². The van der Waals surface area contributed by atoms with Crippen LogP contribution in [0, 0.1) is 10.1 Å². The number of rotatable bonds is 4. The molecule has 1 heterocycles. The van der Waals surface area contributed by atoms with Crippen LogP contribution in [0.2, 0.25) is 0 Å². The largest absolute Gasteiger partial charge is 0.481 e. The summed E-state index contributed by atoms with van der Waals surface area (Å²) in [6.07, 6.45) is -2.89. The number of hydrogen-bond donors (Lipinski definition) is 1. The number of carboxylic acid groups (broad SMARTS) is 1. The first-order valence-electron chi connectivity index (χ1n) is 4.05. The van der Waals surface area contributed by atoms with Crippen LogP contribution in [0.4, 0.5) is 14.5 Å². The maximum Gasteiger partial charge on any atom is 0.308 e. The second kappa shape index (κ2) is 4.60. The van der Waals surface area contributed by atoms with E-state index in [9.17, 15) is 23.7 Å². The Morgan fingerprint density at radius 2 is 2.25 bits per heavy atom. The normalized spacial score (nSPS) is 10.4. The van der Waals surface area contributed by atoms with E-state index in [2.05, 4.69) is 4.98 Å². The molecule has 1 rings (SSSR count). The van der Waals surface area contributed by atoms with Crippen molar-refractivity contribution >= 4 is 11.7 Å². The monoisotopic (exact) mass is 232 g/mol. The molecule has 0 aliphatic rings. The SMILES string of the molecule is O=C(O)Cc1ccnc(C(F)F)c1[N+](=O)[O-]. The summed E-state index contributed by atoms with van der Waals surface area (Å²) in [5.74, 6) is -1.34. The van der Waals surface area contributed by atoms with Crippen LogP contribution in [-0.4, -0.2) is 21.0 Å². The minimum Gasteiger partial charge on any atom is -0.481 e. The quantitative estimate of drug-likeness (QED) is 0.627. The van der Waals surface area contributed by atoms with E-state index in [0.29, 0.717) is 0 Å². The van der Waals surface area contributed by atoms with E-state index in [1.165, 1.54) is 0 Å². The number of pyridine rings is 1. The zero-order chi connectivity index (χ0) is 12.3. The first-order chi connectivity index (χ1) is 7.43. The molecule has 1 N–H and O–H groups in total. The van der Waals surface area contributed by atoms with Crippen molar-refractivity contribution in [2.24, 2.45) is 0 Å². The summed E-state index contributed by atoms with van der Waals surface area (Å²) in [6, 6.07) is 1.04. The van der Waals surface area contributed by atoms with Crippen LogP contribution < -0.4 is 0 Å². The standard InChI is InChI=1S/C8H6F2N2O4/c9-8(10)6-7(12(15)16)4(1-2-11-6)3-5(13)14/h1-2,8H,3H2,(H,13,14). The van der Waals surface area contributed by atoms with Gasteiger partial charge in [-0.15, -0.1) is 0 Å². The lowest BCUT2D eigenvalue weighted by Gasteiger charge is -2.04. The van der Waals surface area contributed by atoms with Crippen LogP contribution in [-0.2, 0) is 11.2 Å². The summed E-state index contributed by atoms with van der Waals surface area (Å²) in [4.78, 5) is 23.1. The number of nitro groups is 1. The number of carboxylic acids is 1. The molecule has 8 heteroatoms. The van der Waals surface area contributed by atoms with Crippen LogP contribution in [0.3, 0.4) is 0 Å². The zero-order valence-corrected chi connectivity index (χ0v) is 7.76. The third-order valence-electron chi connectivity index (χ3n) is 1.77. The maximum atomic E-state index is 12.4. The highest BCUT2D eigenvalue weighted by Crippen LogP contribution is 2.29. The van der Waals surface area contributed by atoms with Crippen LogP contribution in [0.5, 0.6) is 0 Å². The maximum absolute atomic E-state index is 12.4. The molecule has 6 nitrogen and oxygen atoms in total. The molecule has 16 heavy (non-hydrogen) atoms. The Kier molecular flexibility index (Phi) is 3.44. The Morgan fingerprint density at radius 1 is 1.62 bits per heavy atom. The minimum absolute atomic E-state index is 0.289. The summed E-state index contributed by atoms with van der Waals surface area (Å²) >= 11 is 0. The Balaban J connectivity index is 3.32. The lowest BCUT2D eigenvalue weighted by molar-refractivity contribution is -0.387. The van der Waals surface area contributed by atoms with Crippen molar-refractivity contribution in [3.05, 3.63) is 33.6 Å². The zero-order valence-electron chi connectivity index (χ0n) is 7.76. The van der Waals surface area contributed by atoms with Crippen molar-refractivity contribution < 1.29 is 23.6 Å². The molecule has 0 aromatic carbocycles. The molecule has 86 valence electrons. The fourth-order valence-electron chi connectivity index (χ4n) is 1.19. The lowest BCUT2D eigenvalue weighted by atomic mass is 10.1. The Labute approximate surface area is 87.7 Å². The molecule has 0 saturated heterocycles. The first-order valence-corrected chi connectivity index (χ1v) is 4.05. The van der Waals surface area contributed by atoms with Gasteiger partial charge in [0.15, 0.2) is 5.69 Å². The molecule has 0 unspecified atom stereocenters. The highest BCUT2D eigenvalue weighted by atomic mass is 19.3. The molecule has 0 aliphatic heterocycles. The highest BCUT2D eigenvalue weighted by Gasteiger charge is 2.27. The summed E-state index contributed by atoms with van der Waals surface area (Å²) in [5, 5.41) is 19.0. The van der Waals surface area contributed by atoms with Crippen molar-refractivity contribution in [3.8, 4) is 0 Å². The van der Waals surface area contributed by atoms with Crippen molar-refractivity contribution in [1.29, 1.82) is 0 Å². The van der Waals surface area contributed by atoms with Gasteiger partial charge in [0.25, 0.3) is 12.1 Å². The van der Waals surface area contributed by atoms with Gasteiger partial charge in [-0.25, -0.2) is 13.8 Å². The molecule has 0 saturated carbocycles. The van der Waals surface area contributed by atoms with E-state index >= 15 is 0 Å². The minimum atomic E-state index is -3.12. The van der Waals surface area contributed by atoms with Gasteiger partial charge in [0.1, 0.15) is 0 Å². The van der Waals surface area contributed by atoms with Crippen molar-refractivity contribution in [2.45, 2.75) is 12.8 Å². The number of aromatic nitrogens is 1. The molecule has 0 aliphatic carbocycles. The smallest absolute Gasteiger partial charge is 0.308 e. The molecule has 0 radical (unpaired) electrons. The average Bonchev–Trinajstić information content (AvgIpc) is 2.15. The van der Waals surface area contributed by atoms with Gasteiger partial charge >= 0.3 is 5.97 Å².